The summed E-state index contributed by atoms with van der Waals surface area (Å²) in [6, 6.07) is 16.2. The van der Waals surface area contributed by atoms with Gasteiger partial charge in [-0.3, -0.25) is 4.79 Å². The van der Waals surface area contributed by atoms with Crippen LogP contribution >= 0.6 is 27.7 Å². The van der Waals surface area contributed by atoms with Crippen LogP contribution in [0, 0.1) is 6.92 Å². The van der Waals surface area contributed by atoms with E-state index < -0.39 is 0 Å². The van der Waals surface area contributed by atoms with Crippen LogP contribution in [0.1, 0.15) is 23.9 Å². The molecule has 28 heavy (non-hydrogen) atoms. The van der Waals surface area contributed by atoms with Crippen LogP contribution in [0.15, 0.2) is 58.2 Å². The van der Waals surface area contributed by atoms with Gasteiger partial charge in [-0.1, -0.05) is 48.2 Å². The number of benzene rings is 2. The molecule has 0 saturated heterocycles. The molecule has 0 aliphatic carbocycles. The van der Waals surface area contributed by atoms with Crippen LogP contribution in [0.3, 0.4) is 0 Å². The first-order chi connectivity index (χ1) is 13.6. The molecule has 1 heterocycles. The number of aromatic nitrogens is 3. The van der Waals surface area contributed by atoms with Crippen LogP contribution in [0.4, 0.5) is 5.69 Å². The molecule has 3 aromatic rings. The topological polar surface area (TPSA) is 59.8 Å². The zero-order valence-electron chi connectivity index (χ0n) is 16.0. The van der Waals surface area contributed by atoms with Gasteiger partial charge in [0.2, 0.25) is 5.91 Å². The van der Waals surface area contributed by atoms with E-state index in [0.29, 0.717) is 0 Å². The Morgan fingerprint density at radius 2 is 1.93 bits per heavy atom. The van der Waals surface area contributed by atoms with Crippen molar-refractivity contribution in [1.82, 2.24) is 14.8 Å². The van der Waals surface area contributed by atoms with Crippen LogP contribution in [0.5, 0.6) is 0 Å². The first kappa shape index (κ1) is 20.6. The summed E-state index contributed by atoms with van der Waals surface area (Å²) in [5.74, 6) is 1.18. The predicted octanol–water partition coefficient (Wildman–Crippen LogP) is 4.88. The molecule has 0 saturated carbocycles. The van der Waals surface area contributed by atoms with Gasteiger partial charge in [0.05, 0.1) is 11.4 Å². The van der Waals surface area contributed by atoms with Gasteiger partial charge in [0, 0.05) is 17.4 Å². The van der Waals surface area contributed by atoms with Crippen LogP contribution in [0.2, 0.25) is 0 Å². The zero-order chi connectivity index (χ0) is 19.9. The Bertz CT molecular complexity index is 943. The Kier molecular flexibility index (Phi) is 7.28. The van der Waals surface area contributed by atoms with Gasteiger partial charge in [-0.15, -0.1) is 10.2 Å². The van der Waals surface area contributed by atoms with Gasteiger partial charge in [0.1, 0.15) is 5.82 Å². The van der Waals surface area contributed by atoms with E-state index in [1.54, 1.807) is 0 Å². The minimum absolute atomic E-state index is 0.0639. The summed E-state index contributed by atoms with van der Waals surface area (Å²) in [6.07, 6.45) is 1.75. The van der Waals surface area contributed by atoms with E-state index in [0.717, 1.165) is 46.1 Å². The summed E-state index contributed by atoms with van der Waals surface area (Å²) in [5.41, 5.74) is 3.19. The summed E-state index contributed by atoms with van der Waals surface area (Å²) in [6.45, 7) is 4.87. The van der Waals surface area contributed by atoms with E-state index in [9.17, 15) is 4.79 Å². The van der Waals surface area contributed by atoms with Gasteiger partial charge < -0.3 is 9.88 Å². The minimum atomic E-state index is -0.0639. The molecule has 1 aromatic heterocycles. The first-order valence-electron chi connectivity index (χ1n) is 9.21. The number of thioether (sulfide) groups is 1. The molecule has 0 atom stereocenters. The first-order valence-corrected chi connectivity index (χ1v) is 11.0. The van der Waals surface area contributed by atoms with Crippen LogP contribution < -0.4 is 5.32 Å². The molecule has 146 valence electrons. The number of aryl methyl sites for hydroxylation is 3. The molecule has 0 aliphatic rings. The van der Waals surface area contributed by atoms with Crippen molar-refractivity contribution in [3.05, 3.63) is 70.0 Å². The van der Waals surface area contributed by atoms with E-state index in [-0.39, 0.29) is 11.7 Å². The highest BCUT2D eigenvalue weighted by Crippen LogP contribution is 2.24. The highest BCUT2D eigenvalue weighted by molar-refractivity contribution is 9.10. The van der Waals surface area contributed by atoms with Gasteiger partial charge in [-0.2, -0.15) is 0 Å². The number of carbonyl (C=O) groups is 1. The average Bonchev–Trinajstić information content (AvgIpc) is 3.09. The van der Waals surface area contributed by atoms with Crippen LogP contribution in [-0.4, -0.2) is 26.4 Å². The standard InChI is InChI=1S/C21H23BrN4OS/c1-3-26-19(12-10-16-7-5-4-6-8-16)24-25-21(26)28-14-20(27)23-18-11-9-15(2)13-17(18)22/h4-9,11,13H,3,10,12,14H2,1-2H3,(H,23,27). The smallest absolute Gasteiger partial charge is 0.234 e. The van der Waals surface area contributed by atoms with Crippen molar-refractivity contribution in [2.75, 3.05) is 11.1 Å². The second-order valence-electron chi connectivity index (χ2n) is 6.45. The maximum atomic E-state index is 12.3. The van der Waals surface area contributed by atoms with E-state index in [1.165, 1.54) is 17.3 Å². The van der Waals surface area contributed by atoms with Gasteiger partial charge in [-0.25, -0.2) is 0 Å². The summed E-state index contributed by atoms with van der Waals surface area (Å²) >= 11 is 4.90. The summed E-state index contributed by atoms with van der Waals surface area (Å²) < 4.78 is 2.97. The van der Waals surface area contributed by atoms with Crippen molar-refractivity contribution >= 4 is 39.3 Å². The molecule has 0 radical (unpaired) electrons. The molecule has 0 bridgehead atoms. The Labute approximate surface area is 178 Å². The largest absolute Gasteiger partial charge is 0.324 e. The number of nitrogens with one attached hydrogen (secondary N) is 1. The summed E-state index contributed by atoms with van der Waals surface area (Å²) in [7, 11) is 0. The number of halogens is 1. The molecule has 0 unspecified atom stereocenters. The van der Waals surface area contributed by atoms with E-state index in [4.69, 9.17) is 0 Å². The van der Waals surface area contributed by atoms with Crippen molar-refractivity contribution in [2.45, 2.75) is 38.4 Å². The SMILES string of the molecule is CCn1c(CCc2ccccc2)nnc1SCC(=O)Nc1ccc(C)cc1Br. The molecule has 7 heteroatoms. The molecule has 1 amide bonds. The van der Waals surface area contributed by atoms with Gasteiger partial charge in [-0.05, 0) is 59.5 Å². The number of anilines is 1. The van der Waals surface area contributed by atoms with Crippen molar-refractivity contribution in [3.63, 3.8) is 0 Å². The number of nitrogens with zero attached hydrogens (tertiary/aromatic N) is 3. The molecule has 5 nitrogen and oxygen atoms in total. The van der Waals surface area contributed by atoms with Gasteiger partial charge in [0.15, 0.2) is 5.16 Å². The molecule has 3 rings (SSSR count). The molecule has 1 N–H and O–H groups in total. The second kappa shape index (κ2) is 9.89. The maximum Gasteiger partial charge on any atom is 0.234 e. The van der Waals surface area contributed by atoms with E-state index >= 15 is 0 Å². The van der Waals surface area contributed by atoms with Crippen LogP contribution in [-0.2, 0) is 24.2 Å². The molecular formula is C21H23BrN4OS. The predicted molar refractivity (Wildman–Crippen MR) is 118 cm³/mol. The third-order valence-corrected chi connectivity index (χ3v) is 5.94. The monoisotopic (exact) mass is 458 g/mol. The molecule has 0 fully saturated rings. The van der Waals surface area contributed by atoms with Crippen LogP contribution in [0.25, 0.3) is 0 Å². The second-order valence-corrected chi connectivity index (χ2v) is 8.25. The third kappa shape index (κ3) is 5.45. The molecule has 2 aromatic carbocycles. The number of rotatable bonds is 8. The van der Waals surface area contributed by atoms with Crippen molar-refractivity contribution in [1.29, 1.82) is 0 Å². The lowest BCUT2D eigenvalue weighted by molar-refractivity contribution is -0.113. The number of hydrogen-bond donors (Lipinski definition) is 1. The minimum Gasteiger partial charge on any atom is -0.324 e. The quantitative estimate of drug-likeness (QED) is 0.488. The Morgan fingerprint density at radius 3 is 2.64 bits per heavy atom. The molecular weight excluding hydrogens is 436 g/mol. The van der Waals surface area contributed by atoms with Crippen molar-refractivity contribution < 1.29 is 4.79 Å². The highest BCUT2D eigenvalue weighted by atomic mass is 79.9. The Morgan fingerprint density at radius 1 is 1.14 bits per heavy atom. The lowest BCUT2D eigenvalue weighted by Gasteiger charge is -2.09. The zero-order valence-corrected chi connectivity index (χ0v) is 18.4. The van der Waals surface area contributed by atoms with Crippen molar-refractivity contribution in [3.8, 4) is 0 Å². The third-order valence-electron chi connectivity index (χ3n) is 4.32. The number of carbonyl (C=O) groups excluding carboxylic acids is 1. The fourth-order valence-electron chi connectivity index (χ4n) is 2.87. The molecule has 0 spiro atoms. The normalized spacial score (nSPS) is 10.8. The fourth-order valence-corrected chi connectivity index (χ4v) is 4.28. The van der Waals surface area contributed by atoms with Gasteiger partial charge >= 0.3 is 0 Å². The lowest BCUT2D eigenvalue weighted by Crippen LogP contribution is -2.15. The number of amides is 1. The highest BCUT2D eigenvalue weighted by Gasteiger charge is 2.14. The summed E-state index contributed by atoms with van der Waals surface area (Å²) in [5, 5.41) is 12.4. The van der Waals surface area contributed by atoms with Crippen molar-refractivity contribution in [2.24, 2.45) is 0 Å². The maximum absolute atomic E-state index is 12.3. The molecule has 0 aliphatic heterocycles. The number of hydrogen-bond acceptors (Lipinski definition) is 4. The van der Waals surface area contributed by atoms with Gasteiger partial charge in [0.25, 0.3) is 0 Å². The van der Waals surface area contributed by atoms with E-state index in [1.807, 2.05) is 43.3 Å². The Balaban J connectivity index is 1.58. The van der Waals surface area contributed by atoms with E-state index in [2.05, 4.69) is 55.1 Å². The average molecular weight is 459 g/mol. The Hall–Kier alpha value is -2.12. The summed E-state index contributed by atoms with van der Waals surface area (Å²) in [4.78, 5) is 12.3. The lowest BCUT2D eigenvalue weighted by atomic mass is 10.1. The fraction of sp³-hybridized carbons (Fsp3) is 0.286.